The number of nitrogens with zero attached hydrogens (tertiary/aromatic N) is 4. The number of amides is 2. The zero-order valence-corrected chi connectivity index (χ0v) is 22.6. The van der Waals surface area contributed by atoms with E-state index in [0.29, 0.717) is 11.7 Å². The Balaban J connectivity index is 1.69. The SMILES string of the molecule is CN1C(=O)[C@]2(Cc3c([nH]c4cc(Br)ccc34)[C@]3(C(=O)N(C)C(N)=[N+]3C)[C@@H]2c2c[nH]c3ccccc23)N=C1N. The van der Waals surface area contributed by atoms with Gasteiger partial charge in [-0.2, -0.15) is 0 Å². The molecule has 2 aromatic carbocycles. The van der Waals surface area contributed by atoms with Crippen LogP contribution in [0.1, 0.15) is 22.7 Å². The third-order valence-electron chi connectivity index (χ3n) is 8.70. The first kappa shape index (κ1) is 23.0. The molecule has 10 nitrogen and oxygen atoms in total. The monoisotopic (exact) mass is 573 g/mol. The third kappa shape index (κ3) is 2.47. The summed E-state index contributed by atoms with van der Waals surface area (Å²) >= 11 is 3.57. The minimum Gasteiger partial charge on any atom is -0.369 e. The number of hydrogen-bond donors (Lipinski definition) is 4. The number of para-hydroxylation sites is 1. The van der Waals surface area contributed by atoms with Gasteiger partial charge in [0.15, 0.2) is 11.5 Å². The van der Waals surface area contributed by atoms with Crippen LogP contribution in [-0.2, 0) is 21.5 Å². The summed E-state index contributed by atoms with van der Waals surface area (Å²) in [5.74, 6) is -0.837. The lowest BCUT2D eigenvalue weighted by Gasteiger charge is -2.46. The third-order valence-corrected chi connectivity index (χ3v) is 9.20. The van der Waals surface area contributed by atoms with Gasteiger partial charge in [-0.1, -0.05) is 40.2 Å². The van der Waals surface area contributed by atoms with Crippen LogP contribution in [0.2, 0.25) is 0 Å². The van der Waals surface area contributed by atoms with E-state index >= 15 is 0 Å². The summed E-state index contributed by atoms with van der Waals surface area (Å²) in [6, 6.07) is 13.8. The molecule has 7 rings (SSSR count). The number of benzene rings is 2. The molecule has 4 heterocycles. The predicted molar refractivity (Wildman–Crippen MR) is 148 cm³/mol. The Morgan fingerprint density at radius 2 is 1.82 bits per heavy atom. The number of aromatic amines is 2. The topological polar surface area (TPSA) is 140 Å². The van der Waals surface area contributed by atoms with Gasteiger partial charge < -0.3 is 15.7 Å². The van der Waals surface area contributed by atoms with E-state index in [-0.39, 0.29) is 24.2 Å². The van der Waals surface area contributed by atoms with Gasteiger partial charge in [-0.25, -0.2) is 14.5 Å². The van der Waals surface area contributed by atoms with Crippen molar-refractivity contribution in [3.8, 4) is 0 Å². The summed E-state index contributed by atoms with van der Waals surface area (Å²) in [5.41, 5.74) is 14.2. The molecule has 2 amide bonds. The molecule has 38 heavy (non-hydrogen) atoms. The number of aliphatic imine (C=N–C) groups is 1. The molecule has 0 bridgehead atoms. The van der Waals surface area contributed by atoms with E-state index in [9.17, 15) is 9.59 Å². The second kappa shape index (κ2) is 7.25. The van der Waals surface area contributed by atoms with Crippen LogP contribution in [0.5, 0.6) is 0 Å². The summed E-state index contributed by atoms with van der Waals surface area (Å²) < 4.78 is 2.69. The average Bonchev–Trinajstić information content (AvgIpc) is 3.58. The maximum atomic E-state index is 14.6. The standard InChI is InChI=1S/C27H25BrN8O2/c1-34-22(37)26(33-24(34)29)11-16-15-9-8-13(28)10-19(15)32-21(16)27(23(38)35(2)25(30)36(27)3)20(26)17-12-31-18-7-5-4-6-14(17)18/h4-10,12,20,30-32H,11H2,1-3H3,(H2,29,33)/p+1/t20-,26-,27+/m1/s1. The number of likely N-dealkylation sites (N-methyl/N-ethyl adjacent to an activating group) is 3. The summed E-state index contributed by atoms with van der Waals surface area (Å²) in [5, 5.41) is 1.83. The van der Waals surface area contributed by atoms with E-state index in [4.69, 9.17) is 16.5 Å². The van der Waals surface area contributed by atoms with Gasteiger partial charge in [-0.3, -0.25) is 20.2 Å². The van der Waals surface area contributed by atoms with Gasteiger partial charge in [0.25, 0.3) is 5.91 Å². The highest BCUT2D eigenvalue weighted by Crippen LogP contribution is 2.59. The van der Waals surface area contributed by atoms with Crippen molar-refractivity contribution >= 4 is 61.5 Å². The molecule has 3 atom stereocenters. The molecule has 3 aliphatic rings. The lowest BCUT2D eigenvalue weighted by Crippen LogP contribution is -2.62. The molecule has 2 spiro atoms. The average molecular weight is 574 g/mol. The smallest absolute Gasteiger partial charge is 0.354 e. The predicted octanol–water partition coefficient (Wildman–Crippen LogP) is 1.90. The summed E-state index contributed by atoms with van der Waals surface area (Å²) in [7, 11) is 5.10. The number of fused-ring (bicyclic) bond motifs is 5. The Kier molecular flexibility index (Phi) is 4.40. The van der Waals surface area contributed by atoms with Crippen molar-refractivity contribution < 1.29 is 14.2 Å². The molecule has 0 unspecified atom stereocenters. The van der Waals surface area contributed by atoms with Crippen molar-refractivity contribution in [3.63, 3.8) is 0 Å². The zero-order chi connectivity index (χ0) is 26.7. The molecule has 0 fully saturated rings. The molecule has 192 valence electrons. The quantitative estimate of drug-likeness (QED) is 0.258. The van der Waals surface area contributed by atoms with Gasteiger partial charge in [-0.15, -0.1) is 0 Å². The van der Waals surface area contributed by atoms with Crippen LogP contribution in [0.4, 0.5) is 0 Å². The first-order chi connectivity index (χ1) is 18.1. The maximum Gasteiger partial charge on any atom is 0.354 e. The van der Waals surface area contributed by atoms with Crippen LogP contribution >= 0.6 is 15.9 Å². The van der Waals surface area contributed by atoms with Crippen LogP contribution < -0.4 is 11.5 Å². The fourth-order valence-corrected chi connectivity index (χ4v) is 7.30. The molecule has 4 aromatic rings. The van der Waals surface area contributed by atoms with Crippen LogP contribution in [0.3, 0.4) is 0 Å². The minimum absolute atomic E-state index is 0.124. The van der Waals surface area contributed by atoms with E-state index < -0.39 is 17.0 Å². The van der Waals surface area contributed by atoms with Gasteiger partial charge in [0.05, 0.1) is 25.7 Å². The second-order valence-electron chi connectivity index (χ2n) is 10.4. The minimum atomic E-state index is -1.40. The Bertz CT molecular complexity index is 1800. The molecule has 0 saturated heterocycles. The number of halogens is 1. The number of carbonyl (C=O) groups excluding carboxylic acids is 2. The number of hydrogen-bond acceptors (Lipinski definition) is 5. The molecule has 11 heteroatoms. The van der Waals surface area contributed by atoms with Crippen molar-refractivity contribution in [2.45, 2.75) is 23.4 Å². The van der Waals surface area contributed by atoms with Gasteiger partial charge in [0, 0.05) is 45.9 Å². The van der Waals surface area contributed by atoms with Crippen molar-refractivity contribution in [2.24, 2.45) is 16.5 Å². The number of nitrogens with one attached hydrogen (secondary N) is 2. The fourth-order valence-electron chi connectivity index (χ4n) is 6.94. The number of guanidine groups is 2. The van der Waals surface area contributed by atoms with E-state index in [0.717, 1.165) is 37.4 Å². The molecule has 0 radical (unpaired) electrons. The number of nitrogens with two attached hydrogens (primary N) is 2. The highest BCUT2D eigenvalue weighted by atomic mass is 79.9. The molecule has 1 aliphatic carbocycles. The Hall–Kier alpha value is -4.12. The van der Waals surface area contributed by atoms with Crippen molar-refractivity contribution in [1.29, 1.82) is 0 Å². The van der Waals surface area contributed by atoms with Gasteiger partial charge in [-0.05, 0) is 29.3 Å². The molecule has 0 saturated carbocycles. The first-order valence-corrected chi connectivity index (χ1v) is 13.1. The van der Waals surface area contributed by atoms with Gasteiger partial charge in [0.1, 0.15) is 0 Å². The fraction of sp³-hybridized carbons (Fsp3) is 0.259. The van der Waals surface area contributed by atoms with E-state index in [2.05, 4.69) is 25.9 Å². The number of aromatic nitrogens is 2. The van der Waals surface area contributed by atoms with Gasteiger partial charge in [0.2, 0.25) is 5.54 Å². The van der Waals surface area contributed by atoms with Crippen molar-refractivity contribution in [3.05, 3.63) is 70.0 Å². The molecule has 2 aromatic heterocycles. The second-order valence-corrected chi connectivity index (χ2v) is 11.3. The van der Waals surface area contributed by atoms with Crippen molar-refractivity contribution in [2.75, 3.05) is 21.1 Å². The van der Waals surface area contributed by atoms with Gasteiger partial charge >= 0.3 is 11.9 Å². The number of H-pyrrole nitrogens is 2. The van der Waals surface area contributed by atoms with Crippen LogP contribution in [0.15, 0.2) is 58.1 Å². The Morgan fingerprint density at radius 1 is 1.05 bits per heavy atom. The van der Waals surface area contributed by atoms with E-state index in [1.165, 1.54) is 9.80 Å². The Labute approximate surface area is 226 Å². The van der Waals surface area contributed by atoms with Crippen LogP contribution in [0.25, 0.3) is 21.8 Å². The van der Waals surface area contributed by atoms with E-state index in [1.54, 1.807) is 25.7 Å². The summed E-state index contributed by atoms with van der Waals surface area (Å²) in [6.45, 7) is 0. The maximum absolute atomic E-state index is 14.6. The lowest BCUT2D eigenvalue weighted by molar-refractivity contribution is -0.578. The number of carbonyl (C=O) groups is 2. The van der Waals surface area contributed by atoms with Crippen LogP contribution in [0, 0.1) is 0 Å². The largest absolute Gasteiger partial charge is 0.369 e. The lowest BCUT2D eigenvalue weighted by atomic mass is 9.59. The molecule has 6 N–H and O–H groups in total. The van der Waals surface area contributed by atoms with Crippen LogP contribution in [-0.4, -0.2) is 74.8 Å². The molecular formula is C27H26BrN8O2+. The van der Waals surface area contributed by atoms with Crippen molar-refractivity contribution in [1.82, 2.24) is 19.8 Å². The zero-order valence-electron chi connectivity index (χ0n) is 21.0. The number of rotatable bonds is 1. The first-order valence-electron chi connectivity index (χ1n) is 12.3. The summed E-state index contributed by atoms with van der Waals surface area (Å²) in [4.78, 5) is 43.6. The normalized spacial score (nSPS) is 27.1. The molecule has 2 aliphatic heterocycles. The highest BCUT2D eigenvalue weighted by molar-refractivity contribution is 9.10. The highest BCUT2D eigenvalue weighted by Gasteiger charge is 2.73. The Morgan fingerprint density at radius 3 is 2.50 bits per heavy atom. The van der Waals surface area contributed by atoms with E-state index in [1.807, 2.05) is 48.7 Å². The summed E-state index contributed by atoms with van der Waals surface area (Å²) in [6.07, 6.45) is 2.15. The molecular weight excluding hydrogens is 548 g/mol.